The number of nitrogens with zero attached hydrogens (tertiary/aromatic N) is 1. The molecule has 3 rings (SSSR count). The van der Waals surface area contributed by atoms with Gasteiger partial charge in [0, 0.05) is 31.7 Å². The number of nitrogens with one attached hydrogen (secondary N) is 1. The summed E-state index contributed by atoms with van der Waals surface area (Å²) < 4.78 is 5.29. The van der Waals surface area contributed by atoms with E-state index >= 15 is 0 Å². The Bertz CT molecular complexity index is 655. The molecule has 3 N–H and O–H groups in total. The van der Waals surface area contributed by atoms with Crippen molar-refractivity contribution >= 4 is 35.6 Å². The van der Waals surface area contributed by atoms with Gasteiger partial charge in [0.05, 0.1) is 23.4 Å². The number of nitrogens with two attached hydrogens (primary N) is 1. The first-order valence-electron chi connectivity index (χ1n) is 10.1. The average Bonchev–Trinajstić information content (AvgIpc) is 2.67. The summed E-state index contributed by atoms with van der Waals surface area (Å²) in [5.41, 5.74) is 6.65. The van der Waals surface area contributed by atoms with Crippen molar-refractivity contribution in [1.29, 1.82) is 0 Å². The van der Waals surface area contributed by atoms with Gasteiger partial charge >= 0.3 is 0 Å². The van der Waals surface area contributed by atoms with Crippen LogP contribution in [0.2, 0.25) is 5.02 Å². The lowest BCUT2D eigenvalue weighted by Gasteiger charge is -2.36. The Morgan fingerprint density at radius 3 is 2.46 bits per heavy atom. The van der Waals surface area contributed by atoms with E-state index in [1.54, 1.807) is 12.1 Å². The number of halogens is 2. The molecule has 2 aliphatic rings. The minimum Gasteiger partial charge on any atom is -0.496 e. The van der Waals surface area contributed by atoms with Crippen LogP contribution >= 0.6 is 24.0 Å². The third kappa shape index (κ3) is 5.91. The van der Waals surface area contributed by atoms with Crippen LogP contribution in [0.5, 0.6) is 5.75 Å². The molecule has 2 fully saturated rings. The topological polar surface area (TPSA) is 67.6 Å². The van der Waals surface area contributed by atoms with Gasteiger partial charge in [0.25, 0.3) is 5.91 Å². The summed E-state index contributed by atoms with van der Waals surface area (Å²) in [6, 6.07) is 3.39. The van der Waals surface area contributed by atoms with E-state index < -0.39 is 0 Å². The molecule has 1 amide bonds. The maximum atomic E-state index is 12.7. The summed E-state index contributed by atoms with van der Waals surface area (Å²) in [5.74, 6) is 2.07. The fourth-order valence-electron chi connectivity index (χ4n) is 4.32. The van der Waals surface area contributed by atoms with Gasteiger partial charge in [-0.25, -0.2) is 0 Å². The van der Waals surface area contributed by atoms with E-state index in [1.807, 2.05) is 0 Å². The number of anilines is 1. The van der Waals surface area contributed by atoms with Gasteiger partial charge in [-0.1, -0.05) is 31.4 Å². The van der Waals surface area contributed by atoms with E-state index in [0.29, 0.717) is 22.0 Å². The van der Waals surface area contributed by atoms with Crippen molar-refractivity contribution in [3.63, 3.8) is 0 Å². The van der Waals surface area contributed by atoms with Crippen molar-refractivity contribution in [2.45, 2.75) is 51.5 Å². The lowest BCUT2D eigenvalue weighted by molar-refractivity contribution is 0.0896. The second-order valence-corrected chi connectivity index (χ2v) is 8.66. The molecular formula is C21H33Cl2N3O2. The van der Waals surface area contributed by atoms with Crippen molar-refractivity contribution in [2.24, 2.45) is 11.8 Å². The molecule has 1 aromatic rings. The predicted molar refractivity (Wildman–Crippen MR) is 118 cm³/mol. The largest absolute Gasteiger partial charge is 0.496 e. The minimum atomic E-state index is -0.145. The van der Waals surface area contributed by atoms with Crippen molar-refractivity contribution in [3.8, 4) is 5.75 Å². The highest BCUT2D eigenvalue weighted by molar-refractivity contribution is 6.33. The van der Waals surface area contributed by atoms with Crippen LogP contribution < -0.4 is 15.8 Å². The van der Waals surface area contributed by atoms with Gasteiger partial charge in [-0.05, 0) is 43.6 Å². The van der Waals surface area contributed by atoms with Crippen molar-refractivity contribution in [3.05, 3.63) is 22.7 Å². The first-order chi connectivity index (χ1) is 13.0. The monoisotopic (exact) mass is 429 g/mol. The van der Waals surface area contributed by atoms with Gasteiger partial charge in [0.15, 0.2) is 0 Å². The van der Waals surface area contributed by atoms with Crippen LogP contribution in [0.1, 0.15) is 55.8 Å². The minimum absolute atomic E-state index is 0. The maximum Gasteiger partial charge on any atom is 0.255 e. The van der Waals surface area contributed by atoms with Gasteiger partial charge in [-0.2, -0.15) is 0 Å². The van der Waals surface area contributed by atoms with Gasteiger partial charge in [-0.15, -0.1) is 12.4 Å². The van der Waals surface area contributed by atoms with Crippen LogP contribution in [0.15, 0.2) is 12.1 Å². The van der Waals surface area contributed by atoms with Crippen LogP contribution in [-0.2, 0) is 0 Å². The van der Waals surface area contributed by atoms with Crippen LogP contribution in [0.25, 0.3) is 0 Å². The molecule has 0 aromatic heterocycles. The number of methoxy groups -OCH3 is 1. The molecule has 158 valence electrons. The Morgan fingerprint density at radius 1 is 1.21 bits per heavy atom. The van der Waals surface area contributed by atoms with Gasteiger partial charge in [0.2, 0.25) is 0 Å². The van der Waals surface area contributed by atoms with Gasteiger partial charge in [-0.3, -0.25) is 4.79 Å². The van der Waals surface area contributed by atoms with Crippen LogP contribution in [0.4, 0.5) is 5.69 Å². The van der Waals surface area contributed by atoms with Crippen molar-refractivity contribution < 1.29 is 9.53 Å². The number of hydrogen-bond donors (Lipinski definition) is 2. The summed E-state index contributed by atoms with van der Waals surface area (Å²) in [5, 5.41) is 3.51. The average molecular weight is 430 g/mol. The molecule has 0 radical (unpaired) electrons. The zero-order valence-electron chi connectivity index (χ0n) is 16.9. The second kappa shape index (κ2) is 10.6. The molecule has 7 heteroatoms. The van der Waals surface area contributed by atoms with Crippen LogP contribution in [0.3, 0.4) is 0 Å². The Kier molecular flexibility index (Phi) is 8.72. The summed E-state index contributed by atoms with van der Waals surface area (Å²) >= 11 is 6.08. The molecule has 28 heavy (non-hydrogen) atoms. The Labute approximate surface area is 179 Å². The number of rotatable bonds is 5. The number of benzene rings is 1. The van der Waals surface area contributed by atoms with E-state index in [1.165, 1.54) is 39.3 Å². The SMILES string of the molecule is COc1cc(N)c(Cl)cc1C(=O)NC1CCN(CC2CCC(C)CC2)CC1.Cl. The summed E-state index contributed by atoms with van der Waals surface area (Å²) in [6.07, 6.45) is 7.47. The quantitative estimate of drug-likeness (QED) is 0.681. The summed E-state index contributed by atoms with van der Waals surface area (Å²) in [6.45, 7) is 5.69. The molecule has 5 nitrogen and oxygen atoms in total. The van der Waals surface area contributed by atoms with E-state index in [2.05, 4.69) is 17.1 Å². The van der Waals surface area contributed by atoms with Gasteiger partial charge in [0.1, 0.15) is 5.75 Å². The van der Waals surface area contributed by atoms with Crippen molar-refractivity contribution in [1.82, 2.24) is 10.2 Å². The number of nitrogen functional groups attached to an aromatic ring is 1. The third-order valence-corrected chi connectivity index (χ3v) is 6.47. The lowest BCUT2D eigenvalue weighted by atomic mass is 9.82. The van der Waals surface area contributed by atoms with E-state index in [4.69, 9.17) is 22.1 Å². The molecule has 0 spiro atoms. The fourth-order valence-corrected chi connectivity index (χ4v) is 4.48. The molecular weight excluding hydrogens is 397 g/mol. The molecule has 1 aliphatic heterocycles. The third-order valence-electron chi connectivity index (χ3n) is 6.14. The maximum absolute atomic E-state index is 12.7. The molecule has 0 atom stereocenters. The van der Waals surface area contributed by atoms with E-state index in [0.717, 1.165) is 37.8 Å². The number of ether oxygens (including phenoxy) is 1. The first kappa shape index (κ1) is 23.1. The number of carbonyl (C=O) groups is 1. The zero-order chi connectivity index (χ0) is 19.4. The number of amides is 1. The fraction of sp³-hybridized carbons (Fsp3) is 0.667. The standard InChI is InChI=1S/C21H32ClN3O2.ClH/c1-14-3-5-15(6-4-14)13-25-9-7-16(8-10-25)24-21(26)17-11-18(22)19(23)12-20(17)27-2;/h11-12,14-16H,3-10,13,23H2,1-2H3,(H,24,26);1H. The van der Waals surface area contributed by atoms with Crippen molar-refractivity contribution in [2.75, 3.05) is 32.5 Å². The molecule has 0 unspecified atom stereocenters. The summed E-state index contributed by atoms with van der Waals surface area (Å²) in [4.78, 5) is 15.3. The van der Waals surface area contributed by atoms with Gasteiger partial charge < -0.3 is 20.7 Å². The highest BCUT2D eigenvalue weighted by atomic mass is 35.5. The Balaban J connectivity index is 0.00000280. The molecule has 1 saturated carbocycles. The van der Waals surface area contributed by atoms with E-state index in [-0.39, 0.29) is 24.4 Å². The predicted octanol–water partition coefficient (Wildman–Crippen LogP) is 4.37. The highest BCUT2D eigenvalue weighted by Gasteiger charge is 2.26. The number of carbonyl (C=O) groups excluding carboxylic acids is 1. The first-order valence-corrected chi connectivity index (χ1v) is 10.5. The number of hydrogen-bond acceptors (Lipinski definition) is 4. The normalized spacial score (nSPS) is 23.7. The van der Waals surface area contributed by atoms with E-state index in [9.17, 15) is 4.79 Å². The Morgan fingerprint density at radius 2 is 1.86 bits per heavy atom. The highest BCUT2D eigenvalue weighted by Crippen LogP contribution is 2.30. The molecule has 1 aliphatic carbocycles. The number of piperidine rings is 1. The zero-order valence-corrected chi connectivity index (χ0v) is 18.5. The number of likely N-dealkylation sites (tertiary alicyclic amines) is 1. The summed E-state index contributed by atoms with van der Waals surface area (Å²) in [7, 11) is 1.53. The molecule has 1 heterocycles. The molecule has 1 saturated heterocycles. The second-order valence-electron chi connectivity index (χ2n) is 8.25. The molecule has 1 aromatic carbocycles. The Hall–Kier alpha value is -1.17. The lowest BCUT2D eigenvalue weighted by Crippen LogP contribution is -2.46. The molecule has 0 bridgehead atoms. The van der Waals surface area contributed by atoms with Crippen LogP contribution in [0, 0.1) is 11.8 Å². The van der Waals surface area contributed by atoms with Crippen LogP contribution in [-0.4, -0.2) is 43.6 Å². The smallest absolute Gasteiger partial charge is 0.255 e.